The molecule has 0 atom stereocenters. The third-order valence-electron chi connectivity index (χ3n) is 3.65. The molecule has 2 aromatic heterocycles. The van der Waals surface area contributed by atoms with Crippen molar-refractivity contribution in [2.24, 2.45) is 0 Å². The van der Waals surface area contributed by atoms with Crippen LogP contribution in [0.25, 0.3) is 22.1 Å². The van der Waals surface area contributed by atoms with Gasteiger partial charge in [-0.15, -0.1) is 0 Å². The highest BCUT2D eigenvalue weighted by molar-refractivity contribution is 9.10. The summed E-state index contributed by atoms with van der Waals surface area (Å²) >= 11 is 6.67. The highest BCUT2D eigenvalue weighted by atomic mass is 79.9. The number of nitrogens with zero attached hydrogens (tertiary/aromatic N) is 2. The van der Waals surface area contributed by atoms with E-state index in [1.807, 2.05) is 36.4 Å². The molecule has 8 heteroatoms. The van der Waals surface area contributed by atoms with E-state index in [1.165, 1.54) is 0 Å². The number of H-pyrrole nitrogens is 2. The van der Waals surface area contributed by atoms with E-state index in [0.29, 0.717) is 11.4 Å². The average Bonchev–Trinajstić information content (AvgIpc) is 2.58. The third-order valence-corrected chi connectivity index (χ3v) is 4.63. The summed E-state index contributed by atoms with van der Waals surface area (Å²) in [5.74, 6) is 0. The van der Waals surface area contributed by atoms with Crippen molar-refractivity contribution in [1.82, 2.24) is 19.9 Å². The minimum absolute atomic E-state index is 0.130. The highest BCUT2D eigenvalue weighted by Gasteiger charge is 2.00. The van der Waals surface area contributed by atoms with Gasteiger partial charge in [0.05, 0.1) is 22.1 Å². The van der Waals surface area contributed by atoms with E-state index in [4.69, 9.17) is 0 Å². The zero-order valence-electron chi connectivity index (χ0n) is 13.9. The summed E-state index contributed by atoms with van der Waals surface area (Å²) in [5, 5.41) is 0. The Hall–Kier alpha value is -2.32. The van der Waals surface area contributed by atoms with Crippen LogP contribution in [0.1, 0.15) is 11.4 Å². The predicted octanol–water partition coefficient (Wildman–Crippen LogP) is 3.99. The monoisotopic (exact) mass is 476 g/mol. The number of rotatable bonds is 0. The summed E-state index contributed by atoms with van der Waals surface area (Å²) in [6.07, 6.45) is 0. The van der Waals surface area contributed by atoms with Crippen molar-refractivity contribution in [3.05, 3.63) is 77.4 Å². The number of halogens is 2. The zero-order valence-corrected chi connectivity index (χ0v) is 17.1. The maximum Gasteiger partial charge on any atom is 0.269 e. The molecular formula is C18H14Br2N4O2. The minimum Gasteiger partial charge on any atom is -0.319 e. The molecule has 2 aromatic carbocycles. The van der Waals surface area contributed by atoms with E-state index in [0.717, 1.165) is 31.0 Å². The summed E-state index contributed by atoms with van der Waals surface area (Å²) in [6.45, 7) is 3.39. The second-order valence-electron chi connectivity index (χ2n) is 5.63. The van der Waals surface area contributed by atoms with E-state index in [-0.39, 0.29) is 11.1 Å². The molecule has 2 heterocycles. The number of hydrogen-bond acceptors (Lipinski definition) is 4. The van der Waals surface area contributed by atoms with Crippen molar-refractivity contribution < 1.29 is 0 Å². The molecule has 0 aliphatic rings. The molecule has 0 saturated carbocycles. The van der Waals surface area contributed by atoms with Crippen molar-refractivity contribution in [3.8, 4) is 0 Å². The minimum atomic E-state index is -0.134. The van der Waals surface area contributed by atoms with Gasteiger partial charge >= 0.3 is 0 Å². The Bertz CT molecular complexity index is 1230. The molecule has 2 N–H and O–H groups in total. The van der Waals surface area contributed by atoms with Gasteiger partial charge < -0.3 is 9.97 Å². The molecule has 0 fully saturated rings. The number of fused-ring (bicyclic) bond motifs is 2. The van der Waals surface area contributed by atoms with Crippen LogP contribution in [-0.2, 0) is 0 Å². The van der Waals surface area contributed by atoms with E-state index in [2.05, 4.69) is 51.8 Å². The molecule has 0 aliphatic carbocycles. The summed E-state index contributed by atoms with van der Waals surface area (Å²) in [5.41, 5.74) is 3.84. The average molecular weight is 478 g/mol. The molecule has 0 unspecified atom stereocenters. The van der Waals surface area contributed by atoms with Gasteiger partial charge in [-0.05, 0) is 50.2 Å². The first-order valence-electron chi connectivity index (χ1n) is 7.66. The molecule has 132 valence electrons. The van der Waals surface area contributed by atoms with Crippen LogP contribution in [0.4, 0.5) is 0 Å². The van der Waals surface area contributed by atoms with Crippen molar-refractivity contribution in [2.45, 2.75) is 13.8 Å². The van der Waals surface area contributed by atoms with Crippen molar-refractivity contribution in [3.63, 3.8) is 0 Å². The van der Waals surface area contributed by atoms with Gasteiger partial charge in [0.25, 0.3) is 11.1 Å². The number of nitrogens with one attached hydrogen (secondary N) is 2. The molecule has 0 aliphatic heterocycles. The Morgan fingerprint density at radius 2 is 1.27 bits per heavy atom. The molecule has 6 nitrogen and oxygen atoms in total. The molecular weight excluding hydrogens is 464 g/mol. The number of aryl methyl sites for hydroxylation is 2. The van der Waals surface area contributed by atoms with Gasteiger partial charge in [0, 0.05) is 8.95 Å². The smallest absolute Gasteiger partial charge is 0.269 e. The van der Waals surface area contributed by atoms with Crippen LogP contribution in [0.15, 0.2) is 54.9 Å². The second-order valence-corrected chi connectivity index (χ2v) is 7.46. The molecule has 0 saturated heterocycles. The number of aromatic nitrogens is 4. The first-order valence-corrected chi connectivity index (χ1v) is 9.24. The predicted molar refractivity (Wildman–Crippen MR) is 110 cm³/mol. The van der Waals surface area contributed by atoms with E-state index < -0.39 is 0 Å². The van der Waals surface area contributed by atoms with Crippen LogP contribution >= 0.6 is 31.9 Å². The van der Waals surface area contributed by atoms with Crippen LogP contribution in [0.3, 0.4) is 0 Å². The Kier molecular flexibility index (Phi) is 5.33. The van der Waals surface area contributed by atoms with Crippen molar-refractivity contribution in [2.75, 3.05) is 0 Å². The van der Waals surface area contributed by atoms with Gasteiger partial charge in [0.15, 0.2) is 0 Å². The summed E-state index contributed by atoms with van der Waals surface area (Å²) in [6, 6.07) is 11.2. The van der Waals surface area contributed by atoms with Crippen molar-refractivity contribution in [1.29, 1.82) is 0 Å². The van der Waals surface area contributed by atoms with Crippen LogP contribution in [0.5, 0.6) is 0 Å². The lowest BCUT2D eigenvalue weighted by Gasteiger charge is -1.98. The molecule has 4 aromatic rings. The second kappa shape index (κ2) is 7.51. The van der Waals surface area contributed by atoms with Crippen LogP contribution in [-0.4, -0.2) is 19.9 Å². The lowest BCUT2D eigenvalue weighted by atomic mass is 10.3. The fraction of sp³-hybridized carbons (Fsp3) is 0.111. The molecule has 0 radical (unpaired) electrons. The van der Waals surface area contributed by atoms with Gasteiger partial charge in [-0.1, -0.05) is 31.9 Å². The lowest BCUT2D eigenvalue weighted by molar-refractivity contribution is 1.12. The van der Waals surface area contributed by atoms with Crippen LogP contribution < -0.4 is 11.1 Å². The number of benzene rings is 2. The van der Waals surface area contributed by atoms with Gasteiger partial charge in [-0.25, -0.2) is 9.97 Å². The molecule has 4 rings (SSSR count). The Morgan fingerprint density at radius 3 is 1.96 bits per heavy atom. The van der Waals surface area contributed by atoms with Gasteiger partial charge in [-0.3, -0.25) is 9.59 Å². The first-order chi connectivity index (χ1) is 12.3. The normalized spacial score (nSPS) is 10.6. The third kappa shape index (κ3) is 4.08. The Labute approximate surface area is 165 Å². The van der Waals surface area contributed by atoms with E-state index in [9.17, 15) is 9.59 Å². The van der Waals surface area contributed by atoms with Crippen LogP contribution in [0, 0.1) is 13.8 Å². The van der Waals surface area contributed by atoms with Crippen molar-refractivity contribution >= 4 is 53.9 Å². The summed E-state index contributed by atoms with van der Waals surface area (Å²) in [7, 11) is 0. The summed E-state index contributed by atoms with van der Waals surface area (Å²) in [4.78, 5) is 36.2. The Balaban J connectivity index is 0.000000151. The topological polar surface area (TPSA) is 91.5 Å². The standard InChI is InChI=1S/2C9H7BrN2O/c1-5-9(13)12-7-3-2-6(10)4-8(7)11-5;1-5-9(13)12-8-4-6(10)2-3-7(8)11-5/h2*2-4H,1H3,(H,12,13). The highest BCUT2D eigenvalue weighted by Crippen LogP contribution is 2.16. The fourth-order valence-corrected chi connectivity index (χ4v) is 3.01. The number of hydrogen-bond donors (Lipinski definition) is 2. The maximum absolute atomic E-state index is 11.2. The zero-order chi connectivity index (χ0) is 18.8. The molecule has 0 amide bonds. The quantitative estimate of drug-likeness (QED) is 0.400. The van der Waals surface area contributed by atoms with Gasteiger partial charge in [0.1, 0.15) is 11.4 Å². The Morgan fingerprint density at radius 1 is 0.731 bits per heavy atom. The largest absolute Gasteiger partial charge is 0.319 e. The fourth-order valence-electron chi connectivity index (χ4n) is 2.30. The van der Waals surface area contributed by atoms with E-state index >= 15 is 0 Å². The molecule has 0 bridgehead atoms. The number of aromatic amines is 2. The molecule has 26 heavy (non-hydrogen) atoms. The maximum atomic E-state index is 11.2. The van der Waals surface area contributed by atoms with Crippen LogP contribution in [0.2, 0.25) is 0 Å². The SMILES string of the molecule is Cc1nc2cc(Br)ccc2[nH]c1=O.Cc1nc2ccc(Br)cc2[nH]c1=O. The first kappa shape index (κ1) is 18.5. The summed E-state index contributed by atoms with van der Waals surface area (Å²) < 4.78 is 1.89. The lowest BCUT2D eigenvalue weighted by Crippen LogP contribution is -2.11. The molecule has 0 spiro atoms. The van der Waals surface area contributed by atoms with Gasteiger partial charge in [-0.2, -0.15) is 0 Å². The van der Waals surface area contributed by atoms with E-state index in [1.54, 1.807) is 13.8 Å². The van der Waals surface area contributed by atoms with Gasteiger partial charge in [0.2, 0.25) is 0 Å².